The van der Waals surface area contributed by atoms with E-state index in [9.17, 15) is 0 Å². The van der Waals surface area contributed by atoms with Crippen molar-refractivity contribution < 1.29 is 0 Å². The van der Waals surface area contributed by atoms with E-state index < -0.39 is 0 Å². The van der Waals surface area contributed by atoms with Crippen LogP contribution in [0.5, 0.6) is 0 Å². The second kappa shape index (κ2) is 4.93. The third-order valence-corrected chi connectivity index (χ3v) is 4.14. The van der Waals surface area contributed by atoms with Gasteiger partial charge in [-0.25, -0.2) is 0 Å². The first kappa shape index (κ1) is 12.0. The molecule has 0 radical (unpaired) electrons. The zero-order valence-electron chi connectivity index (χ0n) is 11.3. The first-order valence-corrected chi connectivity index (χ1v) is 7.33. The van der Waals surface area contributed by atoms with Crippen LogP contribution in [0.3, 0.4) is 0 Å². The molecule has 2 N–H and O–H groups in total. The van der Waals surface area contributed by atoms with Crippen molar-refractivity contribution in [3.05, 3.63) is 29.8 Å². The van der Waals surface area contributed by atoms with Crippen LogP contribution in [0, 0.1) is 11.8 Å². The van der Waals surface area contributed by atoms with Gasteiger partial charge in [-0.3, -0.25) is 0 Å². The van der Waals surface area contributed by atoms with Crippen LogP contribution < -0.4 is 10.6 Å². The fourth-order valence-electron chi connectivity index (χ4n) is 2.50. The Hall–Kier alpha value is -1.02. The second-order valence-corrected chi connectivity index (χ2v) is 6.17. The SMILES string of the molecule is C[C@@H](N)c1ccc(N(CC2CC2)CC2CC2)cc1. The van der Waals surface area contributed by atoms with E-state index in [0.29, 0.717) is 0 Å². The normalized spacial score (nSPS) is 20.8. The van der Waals surface area contributed by atoms with Crippen LogP contribution in [0.25, 0.3) is 0 Å². The topological polar surface area (TPSA) is 29.3 Å². The Morgan fingerprint density at radius 1 is 1.06 bits per heavy atom. The predicted molar refractivity (Wildman–Crippen MR) is 76.7 cm³/mol. The Labute approximate surface area is 110 Å². The average molecular weight is 244 g/mol. The van der Waals surface area contributed by atoms with Gasteiger partial charge in [0, 0.05) is 24.8 Å². The van der Waals surface area contributed by atoms with Crippen molar-refractivity contribution in [3.63, 3.8) is 0 Å². The van der Waals surface area contributed by atoms with E-state index in [0.717, 1.165) is 11.8 Å². The molecule has 0 aromatic heterocycles. The van der Waals surface area contributed by atoms with Gasteiger partial charge in [-0.05, 0) is 62.1 Å². The first-order chi connectivity index (χ1) is 8.72. The third-order valence-electron chi connectivity index (χ3n) is 4.14. The summed E-state index contributed by atoms with van der Waals surface area (Å²) < 4.78 is 0. The van der Waals surface area contributed by atoms with E-state index in [-0.39, 0.29) is 6.04 Å². The van der Waals surface area contributed by atoms with Gasteiger partial charge in [0.2, 0.25) is 0 Å². The lowest BCUT2D eigenvalue weighted by Crippen LogP contribution is -2.28. The number of hydrogen-bond acceptors (Lipinski definition) is 2. The predicted octanol–water partition coefficient (Wildman–Crippen LogP) is 3.33. The summed E-state index contributed by atoms with van der Waals surface area (Å²) in [7, 11) is 0. The molecule has 0 bridgehead atoms. The number of rotatable bonds is 6. The molecule has 0 amide bonds. The van der Waals surface area contributed by atoms with Crippen molar-refractivity contribution in [1.82, 2.24) is 0 Å². The molecule has 98 valence electrons. The van der Waals surface area contributed by atoms with Gasteiger partial charge in [0.25, 0.3) is 0 Å². The van der Waals surface area contributed by atoms with Crippen LogP contribution in [-0.2, 0) is 0 Å². The molecule has 0 aliphatic heterocycles. The van der Waals surface area contributed by atoms with Crippen molar-refractivity contribution in [2.75, 3.05) is 18.0 Å². The summed E-state index contributed by atoms with van der Waals surface area (Å²) in [6, 6.07) is 9.02. The third kappa shape index (κ3) is 3.05. The van der Waals surface area contributed by atoms with Crippen LogP contribution >= 0.6 is 0 Å². The monoisotopic (exact) mass is 244 g/mol. The maximum Gasteiger partial charge on any atom is 0.0366 e. The molecule has 2 aliphatic rings. The smallest absolute Gasteiger partial charge is 0.0366 e. The van der Waals surface area contributed by atoms with Gasteiger partial charge in [0.1, 0.15) is 0 Å². The summed E-state index contributed by atoms with van der Waals surface area (Å²) in [5.41, 5.74) is 8.53. The fraction of sp³-hybridized carbons (Fsp3) is 0.625. The Morgan fingerprint density at radius 3 is 1.94 bits per heavy atom. The van der Waals surface area contributed by atoms with Crippen LogP contribution in [0.4, 0.5) is 5.69 Å². The van der Waals surface area contributed by atoms with Crippen molar-refractivity contribution >= 4 is 5.69 Å². The van der Waals surface area contributed by atoms with Crippen LogP contribution in [-0.4, -0.2) is 13.1 Å². The van der Waals surface area contributed by atoms with Gasteiger partial charge in [0.05, 0.1) is 0 Å². The zero-order chi connectivity index (χ0) is 12.5. The van der Waals surface area contributed by atoms with Gasteiger partial charge >= 0.3 is 0 Å². The lowest BCUT2D eigenvalue weighted by atomic mass is 10.1. The molecule has 2 aliphatic carbocycles. The van der Waals surface area contributed by atoms with E-state index in [1.54, 1.807) is 0 Å². The molecule has 18 heavy (non-hydrogen) atoms. The van der Waals surface area contributed by atoms with E-state index in [1.807, 2.05) is 6.92 Å². The lowest BCUT2D eigenvalue weighted by molar-refractivity contribution is 0.679. The zero-order valence-corrected chi connectivity index (χ0v) is 11.3. The molecule has 3 rings (SSSR count). The molecule has 1 aromatic rings. The quantitative estimate of drug-likeness (QED) is 0.831. The van der Waals surface area contributed by atoms with Gasteiger partial charge in [-0.2, -0.15) is 0 Å². The molecule has 0 unspecified atom stereocenters. The summed E-state index contributed by atoms with van der Waals surface area (Å²) >= 11 is 0. The largest absolute Gasteiger partial charge is 0.371 e. The molecule has 2 nitrogen and oxygen atoms in total. The van der Waals surface area contributed by atoms with Crippen LogP contribution in [0.15, 0.2) is 24.3 Å². The highest BCUT2D eigenvalue weighted by Gasteiger charge is 2.29. The Balaban J connectivity index is 1.70. The minimum Gasteiger partial charge on any atom is -0.371 e. The molecule has 0 saturated heterocycles. The Morgan fingerprint density at radius 2 is 1.56 bits per heavy atom. The van der Waals surface area contributed by atoms with Gasteiger partial charge < -0.3 is 10.6 Å². The second-order valence-electron chi connectivity index (χ2n) is 6.17. The van der Waals surface area contributed by atoms with Crippen molar-refractivity contribution in [2.24, 2.45) is 17.6 Å². The van der Waals surface area contributed by atoms with E-state index in [2.05, 4.69) is 29.2 Å². The maximum absolute atomic E-state index is 5.91. The fourth-order valence-corrected chi connectivity index (χ4v) is 2.50. The Bertz CT molecular complexity index is 374. The molecule has 1 aromatic carbocycles. The number of anilines is 1. The minimum atomic E-state index is 0.138. The summed E-state index contributed by atoms with van der Waals surface area (Å²) in [5, 5.41) is 0. The highest BCUT2D eigenvalue weighted by Crippen LogP contribution is 2.35. The van der Waals surface area contributed by atoms with Gasteiger partial charge in [-0.1, -0.05) is 12.1 Å². The van der Waals surface area contributed by atoms with Crippen molar-refractivity contribution in [3.8, 4) is 0 Å². The van der Waals surface area contributed by atoms with Crippen molar-refractivity contribution in [1.29, 1.82) is 0 Å². The Kier molecular flexibility index (Phi) is 3.29. The van der Waals surface area contributed by atoms with E-state index in [1.165, 1.54) is 50.0 Å². The highest BCUT2D eigenvalue weighted by molar-refractivity contribution is 5.48. The van der Waals surface area contributed by atoms with Crippen LogP contribution in [0.2, 0.25) is 0 Å². The molecule has 2 saturated carbocycles. The lowest BCUT2D eigenvalue weighted by Gasteiger charge is -2.25. The summed E-state index contributed by atoms with van der Waals surface area (Å²) in [4.78, 5) is 2.60. The minimum absolute atomic E-state index is 0.138. The molecule has 1 atom stereocenters. The summed E-state index contributed by atoms with van der Waals surface area (Å²) in [6.07, 6.45) is 5.72. The van der Waals surface area contributed by atoms with E-state index >= 15 is 0 Å². The molecular formula is C16H24N2. The first-order valence-electron chi connectivity index (χ1n) is 7.33. The molecular weight excluding hydrogens is 220 g/mol. The molecule has 0 heterocycles. The standard InChI is InChI=1S/C16H24N2/c1-12(17)15-6-8-16(9-7-15)18(10-13-2-3-13)11-14-4-5-14/h6-9,12-14H,2-5,10-11,17H2,1H3/t12-/m1/s1. The number of benzene rings is 1. The van der Waals surface area contributed by atoms with Crippen molar-refractivity contribution in [2.45, 2.75) is 38.6 Å². The summed E-state index contributed by atoms with van der Waals surface area (Å²) in [6.45, 7) is 4.56. The van der Waals surface area contributed by atoms with Gasteiger partial charge in [0.15, 0.2) is 0 Å². The maximum atomic E-state index is 5.91. The van der Waals surface area contributed by atoms with E-state index in [4.69, 9.17) is 5.73 Å². The molecule has 2 heteroatoms. The number of hydrogen-bond donors (Lipinski definition) is 1. The molecule has 0 spiro atoms. The van der Waals surface area contributed by atoms with Gasteiger partial charge in [-0.15, -0.1) is 0 Å². The average Bonchev–Trinajstić information content (AvgIpc) is 3.23. The number of nitrogens with zero attached hydrogens (tertiary/aromatic N) is 1. The highest BCUT2D eigenvalue weighted by atomic mass is 15.1. The summed E-state index contributed by atoms with van der Waals surface area (Å²) in [5.74, 6) is 1.91. The molecule has 2 fully saturated rings. The number of nitrogens with two attached hydrogens (primary N) is 1. The van der Waals surface area contributed by atoms with Crippen LogP contribution in [0.1, 0.15) is 44.2 Å².